The van der Waals surface area contributed by atoms with Gasteiger partial charge < -0.3 is 0 Å². The zero-order chi connectivity index (χ0) is 17.6. The normalized spacial score (nSPS) is 26.5. The minimum atomic E-state index is -5.77. The minimum Gasteiger partial charge on any atom is -0.147 e. The molecule has 0 bridgehead atoms. The smallest absolute Gasteiger partial charge is 0.147 e. The van der Waals surface area contributed by atoms with Crippen LogP contribution in [-0.2, 0) is 7.63 Å². The number of rotatable bonds is 2. The Morgan fingerprint density at radius 2 is 1.50 bits per heavy atom. The Hall–Kier alpha value is 0.271. The zero-order valence-corrected chi connectivity index (χ0v) is 21.8. The molecule has 0 atom stereocenters. The number of aromatic amines is 1. The summed E-state index contributed by atoms with van der Waals surface area (Å²) in [7, 11) is -3.48. The molecular weight excluding hydrogens is 389 g/mol. The topological polar surface area (TPSA) is 15.8 Å². The maximum Gasteiger partial charge on any atom is -0.147 e. The number of nitrogens with one attached hydrogen (secondary N) is 1. The molecule has 0 unspecified atom stereocenters. The van der Waals surface area contributed by atoms with Gasteiger partial charge in [-0.1, -0.05) is 0 Å². The second-order valence-corrected chi connectivity index (χ2v) is 92.7. The van der Waals surface area contributed by atoms with Gasteiger partial charge in [0.1, 0.15) is 0 Å². The Bertz CT molecular complexity index is 1010. The molecule has 1 aliphatic carbocycles. The first-order valence-corrected chi connectivity index (χ1v) is 24.5. The summed E-state index contributed by atoms with van der Waals surface area (Å²) < 4.78 is 2.90. The Morgan fingerprint density at radius 1 is 1.00 bits per heavy atom. The molecule has 1 aromatic heterocycles. The fraction of sp³-hybridized carbons (Fsp3) is 0.579. The average molecular weight is 429 g/mol. The Morgan fingerprint density at radius 3 is 1.79 bits per heavy atom. The second kappa shape index (κ2) is 2.71. The summed E-state index contributed by atoms with van der Waals surface area (Å²) in [4.78, 5) is 3.70. The van der Waals surface area contributed by atoms with Crippen molar-refractivity contribution in [3.05, 3.63) is 40.4 Å². The van der Waals surface area contributed by atoms with Gasteiger partial charge in [-0.25, -0.2) is 0 Å². The van der Waals surface area contributed by atoms with Crippen LogP contribution < -0.4 is 4.00 Å². The number of H-pyrrole nitrogens is 1. The fourth-order valence-electron chi connectivity index (χ4n) is 4.46. The Labute approximate surface area is 151 Å². The first-order valence-electron chi connectivity index (χ1n) is 8.81. The van der Waals surface area contributed by atoms with Crippen molar-refractivity contribution in [2.24, 2.45) is 0 Å². The molecule has 0 radical (unpaired) electrons. The molecular formula is C19H40Cl2NSiTi. The maximum atomic E-state index is 3.70. The van der Waals surface area contributed by atoms with Gasteiger partial charge in [-0.15, -0.1) is 24.8 Å². The van der Waals surface area contributed by atoms with Crippen molar-refractivity contribution in [2.75, 3.05) is 0 Å². The van der Waals surface area contributed by atoms with E-state index in [0.29, 0.717) is 0 Å². The molecule has 5 heteroatoms. The molecule has 0 amide bonds. The molecule has 1 aromatic rings. The van der Waals surface area contributed by atoms with Gasteiger partial charge in [-0.3, -0.25) is 0 Å². The third kappa shape index (κ3) is 1.69. The van der Waals surface area contributed by atoms with Crippen LogP contribution in [0.4, 0.5) is 0 Å². The maximum absolute atomic E-state index is 5.77. The Kier molecular flexibility index (Phi) is 2.74. The molecule has 143 valence electrons. The van der Waals surface area contributed by atoms with Crippen LogP contribution in [0, 0.1) is 0 Å². The van der Waals surface area contributed by atoms with Crippen LogP contribution in [0.15, 0.2) is 40.4 Å². The number of hydrogen-bond acceptors (Lipinski definition) is 0. The van der Waals surface area contributed by atoms with Gasteiger partial charge in [-0.2, -0.15) is 0 Å². The van der Waals surface area contributed by atoms with E-state index in [0.717, 1.165) is 6.42 Å². The molecule has 1 nitrogen and oxygen atoms in total. The van der Waals surface area contributed by atoms with Crippen molar-refractivity contribution in [3.63, 3.8) is 0 Å². The number of hydrogen-bond donors (Lipinski definition) is 1. The van der Waals surface area contributed by atoms with Crippen molar-refractivity contribution >= 4 is 36.4 Å². The van der Waals surface area contributed by atoms with Crippen molar-refractivity contribution in [1.29, 1.82) is 0 Å². The minimum absolute atomic E-state index is 0. The van der Waals surface area contributed by atoms with Crippen molar-refractivity contribution in [3.8, 4) is 0 Å². The van der Waals surface area contributed by atoms with Gasteiger partial charge in [0, 0.05) is 0 Å². The predicted molar refractivity (Wildman–Crippen MR) is 120 cm³/mol. The van der Waals surface area contributed by atoms with Crippen LogP contribution in [0.5, 0.6) is 0 Å². The second-order valence-electron chi connectivity index (χ2n) is 19.7. The van der Waals surface area contributed by atoms with E-state index in [1.165, 1.54) is 4.00 Å². The molecule has 0 aliphatic heterocycles. The molecule has 1 N–H and O–H groups in total. The van der Waals surface area contributed by atoms with Gasteiger partial charge in [0.2, 0.25) is 0 Å². The van der Waals surface area contributed by atoms with Gasteiger partial charge in [0.25, 0.3) is 0 Å². The van der Waals surface area contributed by atoms with E-state index < -0.39 is 7.63 Å². The number of aromatic nitrogens is 1. The van der Waals surface area contributed by atoms with E-state index in [1.54, 1.807) is 3.88 Å². The molecule has 1 aliphatic rings. The summed E-state index contributed by atoms with van der Waals surface area (Å²) in [5.74, 6) is 0. The van der Waals surface area contributed by atoms with E-state index in [2.05, 4.69) is 101 Å². The molecule has 1 heterocycles. The molecule has 0 saturated heterocycles. The summed E-state index contributed by atoms with van der Waals surface area (Å²) in [6.07, 6.45) is 10.0. The van der Waals surface area contributed by atoms with E-state index in [4.69, 9.17) is 0 Å². The summed E-state index contributed by atoms with van der Waals surface area (Å²) in [6, 6.07) is 4.48. The predicted octanol–water partition coefficient (Wildman–Crippen LogP) is 6.75. The van der Waals surface area contributed by atoms with Crippen LogP contribution in [0.25, 0.3) is 0 Å². The van der Waals surface area contributed by atoms with Crippen LogP contribution >= 0.6 is 24.8 Å². The molecule has 0 aromatic carbocycles. The first kappa shape index (κ1) is 24.3. The van der Waals surface area contributed by atoms with Crippen LogP contribution in [0.2, 0.25) is 35.1 Å². The standard InChI is InChI=1S/C5H5.C4H4N.C4H9.6CH3.2ClH.H2Si.Ti/c2*1-2-4-5-3-1;1-4(2)3;;;;;;;;;;/h1-3H,4H2;1-3,5H;1-3H3;6*1H3;2*1H;1H2;. The first-order chi connectivity index (χ1) is 8.87. The fourth-order valence-corrected chi connectivity index (χ4v) is 18.6. The van der Waals surface area contributed by atoms with Crippen molar-refractivity contribution < 1.29 is 7.63 Å². The summed E-state index contributed by atoms with van der Waals surface area (Å²) in [5.41, 5.74) is 0. The summed E-state index contributed by atoms with van der Waals surface area (Å²) in [6.45, 7) is 7.31. The molecule has 0 spiro atoms. The van der Waals surface area contributed by atoms with E-state index in [1.807, 2.05) is 0 Å². The van der Waals surface area contributed by atoms with Crippen LogP contribution in [0.1, 0.15) is 27.2 Å². The van der Waals surface area contributed by atoms with Gasteiger partial charge in [0.05, 0.1) is 0 Å². The average Bonchev–Trinajstić information content (AvgIpc) is 2.89. The summed E-state index contributed by atoms with van der Waals surface area (Å²) >= 11 is 0. The third-order valence-corrected chi connectivity index (χ3v) is 52.8. The third-order valence-electron chi connectivity index (χ3n) is 11.7. The number of allylic oxidation sites excluding steroid dienone is 4. The molecule has 0 fully saturated rings. The van der Waals surface area contributed by atoms with Gasteiger partial charge >= 0.3 is 127 Å². The van der Waals surface area contributed by atoms with Gasteiger partial charge in [0.15, 0.2) is 0 Å². The number of halogens is 2. The van der Waals surface area contributed by atoms with Crippen LogP contribution in [-0.4, -0.2) is 12.6 Å². The quantitative estimate of drug-likeness (QED) is 0.501. The Balaban J connectivity index is 0.00000264. The monoisotopic (exact) mass is 428 g/mol. The molecule has 0 saturated carbocycles. The molecule has 2 rings (SSSR count). The van der Waals surface area contributed by atoms with E-state index in [9.17, 15) is 0 Å². The SMILES string of the molecule is C[C](C)(C)[Ti]([CH3])([CH3])([CH3])([CH3])([CH3])([CH3])(=[SiH2])([C]1=CC=CC1)[c]1ccc[nH]1.Cl.Cl. The van der Waals surface area contributed by atoms with E-state index in [-0.39, 0.29) is 28.5 Å². The molecule has 24 heavy (non-hydrogen) atoms. The van der Waals surface area contributed by atoms with Crippen LogP contribution in [0.3, 0.4) is 0 Å². The van der Waals surface area contributed by atoms with Crippen molar-refractivity contribution in [2.45, 2.75) is 62.3 Å². The summed E-state index contributed by atoms with van der Waals surface area (Å²) in [5, 5.41) is 15.7. The van der Waals surface area contributed by atoms with E-state index >= 15 is 0 Å². The largest absolute Gasteiger partial charge is 0.147 e. The van der Waals surface area contributed by atoms with Crippen molar-refractivity contribution in [1.82, 2.24) is 4.98 Å². The van der Waals surface area contributed by atoms with Gasteiger partial charge in [-0.05, 0) is 0 Å². The zero-order valence-electron chi connectivity index (χ0n) is 17.2.